The first-order chi connectivity index (χ1) is 7.20. The molecule has 0 saturated heterocycles. The van der Waals surface area contributed by atoms with Gasteiger partial charge in [0.25, 0.3) is 0 Å². The van der Waals surface area contributed by atoms with Crippen LogP contribution in [-0.2, 0) is 23.1 Å². The topological polar surface area (TPSA) is 95.1 Å². The van der Waals surface area contributed by atoms with Crippen LogP contribution >= 0.6 is 0 Å². The molecule has 1 aromatic rings. The van der Waals surface area contributed by atoms with Crippen LogP contribution in [-0.4, -0.2) is 40.7 Å². The number of aryl methyl sites for hydroxylation is 1. The predicted octanol–water partition coefficient (Wildman–Crippen LogP) is -1.59. The van der Waals surface area contributed by atoms with Crippen LogP contribution in [0.5, 0.6) is 0 Å². The number of carbonyl (C=O) groups excluding carboxylic acids is 1. The maximum atomic E-state index is 10.3. The van der Waals surface area contributed by atoms with Crippen LogP contribution in [0.15, 0.2) is 6.20 Å². The lowest BCUT2D eigenvalue weighted by Gasteiger charge is -2.04. The number of carbonyl (C=O) groups is 1. The van der Waals surface area contributed by atoms with Gasteiger partial charge in [-0.15, -0.1) is 5.10 Å². The molecule has 3 N–H and O–H groups in total. The average molecular weight is 213 g/mol. The number of amides is 1. The molecular weight excluding hydrogens is 198 g/mol. The Labute approximate surface area is 87.6 Å². The van der Waals surface area contributed by atoms with Gasteiger partial charge in [-0.2, -0.15) is 0 Å². The summed E-state index contributed by atoms with van der Waals surface area (Å²) in [5.74, 6) is -0.453. The van der Waals surface area contributed by atoms with E-state index >= 15 is 0 Å². The first-order valence-electron chi connectivity index (χ1n) is 4.60. The van der Waals surface area contributed by atoms with Gasteiger partial charge in [0, 0.05) is 20.1 Å². The molecule has 0 aliphatic carbocycles. The van der Waals surface area contributed by atoms with Gasteiger partial charge in [0.2, 0.25) is 5.91 Å². The van der Waals surface area contributed by atoms with E-state index in [-0.39, 0.29) is 6.61 Å². The third kappa shape index (κ3) is 4.52. The van der Waals surface area contributed by atoms with Crippen LogP contribution in [0, 0.1) is 0 Å². The van der Waals surface area contributed by atoms with Gasteiger partial charge in [0.15, 0.2) is 0 Å². The van der Waals surface area contributed by atoms with Crippen molar-refractivity contribution in [2.45, 2.75) is 6.54 Å². The summed E-state index contributed by atoms with van der Waals surface area (Å²) < 4.78 is 6.66. The number of rotatable bonds is 7. The molecule has 0 aromatic carbocycles. The first kappa shape index (κ1) is 11.6. The highest BCUT2D eigenvalue weighted by atomic mass is 16.5. The Morgan fingerprint density at radius 1 is 1.73 bits per heavy atom. The summed E-state index contributed by atoms with van der Waals surface area (Å²) in [4.78, 5) is 10.3. The van der Waals surface area contributed by atoms with Crippen molar-refractivity contribution in [3.8, 4) is 0 Å². The molecule has 84 valence electrons. The number of nitrogens with zero attached hydrogens (tertiary/aromatic N) is 3. The van der Waals surface area contributed by atoms with Gasteiger partial charge in [0.05, 0.1) is 18.5 Å². The van der Waals surface area contributed by atoms with Crippen LogP contribution in [0.2, 0.25) is 0 Å². The van der Waals surface area contributed by atoms with Gasteiger partial charge in [0.1, 0.15) is 6.61 Å². The highest BCUT2D eigenvalue weighted by Crippen LogP contribution is 1.91. The molecule has 7 nitrogen and oxygen atoms in total. The Morgan fingerprint density at radius 2 is 2.53 bits per heavy atom. The molecule has 0 atom stereocenters. The second-order valence-corrected chi connectivity index (χ2v) is 3.04. The summed E-state index contributed by atoms with van der Waals surface area (Å²) in [6, 6.07) is 0. The maximum Gasteiger partial charge on any atom is 0.243 e. The van der Waals surface area contributed by atoms with Gasteiger partial charge < -0.3 is 15.8 Å². The summed E-state index contributed by atoms with van der Waals surface area (Å²) in [5.41, 5.74) is 5.89. The van der Waals surface area contributed by atoms with Crippen LogP contribution in [0.4, 0.5) is 0 Å². The number of primary amides is 1. The van der Waals surface area contributed by atoms with Crippen molar-refractivity contribution in [3.63, 3.8) is 0 Å². The standard InChI is InChI=1S/C8H15N5O2/c1-13-7(5-11-12-13)4-10-2-3-15-6-8(9)14/h5,10H,2-4,6H2,1H3,(H2,9,14). The number of hydrogen-bond acceptors (Lipinski definition) is 5. The number of aromatic nitrogens is 3. The zero-order valence-electron chi connectivity index (χ0n) is 8.64. The number of nitrogens with one attached hydrogen (secondary N) is 1. The van der Waals surface area contributed by atoms with E-state index in [9.17, 15) is 4.79 Å². The fourth-order valence-electron chi connectivity index (χ4n) is 1.00. The van der Waals surface area contributed by atoms with Crippen molar-refractivity contribution in [1.82, 2.24) is 20.3 Å². The molecule has 0 unspecified atom stereocenters. The highest BCUT2D eigenvalue weighted by Gasteiger charge is 1.98. The summed E-state index contributed by atoms with van der Waals surface area (Å²) in [5, 5.41) is 10.7. The lowest BCUT2D eigenvalue weighted by atomic mass is 10.4. The summed E-state index contributed by atoms with van der Waals surface area (Å²) in [6.07, 6.45) is 1.69. The Balaban J connectivity index is 2.03. The third-order valence-corrected chi connectivity index (χ3v) is 1.78. The maximum absolute atomic E-state index is 10.3. The summed E-state index contributed by atoms with van der Waals surface area (Å²) in [7, 11) is 1.83. The van der Waals surface area contributed by atoms with Crippen molar-refractivity contribution in [2.24, 2.45) is 12.8 Å². The molecule has 0 saturated carbocycles. The average Bonchev–Trinajstić information content (AvgIpc) is 2.57. The lowest BCUT2D eigenvalue weighted by molar-refractivity contribution is -0.122. The Kier molecular flexibility index (Phi) is 4.72. The SMILES string of the molecule is Cn1nncc1CNCCOCC(N)=O. The summed E-state index contributed by atoms with van der Waals surface area (Å²) in [6.45, 7) is 1.74. The minimum atomic E-state index is -0.453. The largest absolute Gasteiger partial charge is 0.370 e. The second kappa shape index (κ2) is 6.10. The Bertz CT molecular complexity index is 312. The molecule has 7 heteroatoms. The normalized spacial score (nSPS) is 10.5. The van der Waals surface area contributed by atoms with Crippen LogP contribution < -0.4 is 11.1 Å². The van der Waals surface area contributed by atoms with E-state index in [1.807, 2.05) is 7.05 Å². The van der Waals surface area contributed by atoms with Crippen molar-refractivity contribution in [3.05, 3.63) is 11.9 Å². The fraction of sp³-hybridized carbons (Fsp3) is 0.625. The van der Waals surface area contributed by atoms with Gasteiger partial charge in [-0.1, -0.05) is 5.21 Å². The predicted molar refractivity (Wildman–Crippen MR) is 52.7 cm³/mol. The Hall–Kier alpha value is -1.47. The van der Waals surface area contributed by atoms with Crippen LogP contribution in [0.1, 0.15) is 5.69 Å². The van der Waals surface area contributed by atoms with Crippen molar-refractivity contribution in [1.29, 1.82) is 0 Å². The molecule has 0 aliphatic heterocycles. The minimum absolute atomic E-state index is 0.0328. The Morgan fingerprint density at radius 3 is 3.13 bits per heavy atom. The quantitative estimate of drug-likeness (QED) is 0.532. The zero-order chi connectivity index (χ0) is 11.1. The molecule has 0 spiro atoms. The molecule has 15 heavy (non-hydrogen) atoms. The molecule has 1 aromatic heterocycles. The second-order valence-electron chi connectivity index (χ2n) is 3.04. The lowest BCUT2D eigenvalue weighted by Crippen LogP contribution is -2.24. The highest BCUT2D eigenvalue weighted by molar-refractivity contribution is 5.74. The van der Waals surface area contributed by atoms with Crippen LogP contribution in [0.25, 0.3) is 0 Å². The number of hydrogen-bond donors (Lipinski definition) is 2. The van der Waals surface area contributed by atoms with E-state index in [0.29, 0.717) is 19.7 Å². The molecule has 1 heterocycles. The third-order valence-electron chi connectivity index (χ3n) is 1.78. The van der Waals surface area contributed by atoms with E-state index in [2.05, 4.69) is 15.6 Å². The monoisotopic (exact) mass is 213 g/mol. The minimum Gasteiger partial charge on any atom is -0.370 e. The van der Waals surface area contributed by atoms with E-state index in [1.165, 1.54) is 0 Å². The van der Waals surface area contributed by atoms with Crippen molar-refractivity contribution >= 4 is 5.91 Å². The summed E-state index contributed by atoms with van der Waals surface area (Å²) >= 11 is 0. The zero-order valence-corrected chi connectivity index (χ0v) is 8.64. The van der Waals surface area contributed by atoms with Gasteiger partial charge in [-0.25, -0.2) is 0 Å². The first-order valence-corrected chi connectivity index (χ1v) is 4.60. The molecule has 0 aliphatic rings. The van der Waals surface area contributed by atoms with Crippen molar-refractivity contribution < 1.29 is 9.53 Å². The fourth-order valence-corrected chi connectivity index (χ4v) is 1.00. The smallest absolute Gasteiger partial charge is 0.243 e. The number of ether oxygens (including phenoxy) is 1. The molecule has 1 amide bonds. The van der Waals surface area contributed by atoms with E-state index in [1.54, 1.807) is 10.9 Å². The van der Waals surface area contributed by atoms with Crippen LogP contribution in [0.3, 0.4) is 0 Å². The molecular formula is C8H15N5O2. The molecule has 0 bridgehead atoms. The van der Waals surface area contributed by atoms with E-state index in [4.69, 9.17) is 10.5 Å². The van der Waals surface area contributed by atoms with Gasteiger partial charge >= 0.3 is 0 Å². The molecule has 0 fully saturated rings. The van der Waals surface area contributed by atoms with Crippen molar-refractivity contribution in [2.75, 3.05) is 19.8 Å². The molecule has 1 rings (SSSR count). The van der Waals surface area contributed by atoms with E-state index < -0.39 is 5.91 Å². The molecule has 0 radical (unpaired) electrons. The number of nitrogens with two attached hydrogens (primary N) is 1. The van der Waals surface area contributed by atoms with Gasteiger partial charge in [-0.3, -0.25) is 9.48 Å². The van der Waals surface area contributed by atoms with E-state index in [0.717, 1.165) is 5.69 Å². The van der Waals surface area contributed by atoms with Gasteiger partial charge in [-0.05, 0) is 0 Å².